The molecule has 0 bridgehead atoms. The van der Waals surface area contributed by atoms with E-state index < -0.39 is 0 Å². The molecule has 3 nitrogen and oxygen atoms in total. The van der Waals surface area contributed by atoms with E-state index >= 15 is 0 Å². The van der Waals surface area contributed by atoms with Crippen molar-refractivity contribution in [1.29, 1.82) is 0 Å². The summed E-state index contributed by atoms with van der Waals surface area (Å²) in [5, 5.41) is 3.07. The molecule has 0 aliphatic heterocycles. The van der Waals surface area contributed by atoms with Crippen LogP contribution in [-0.4, -0.2) is 17.0 Å². The predicted octanol–water partition coefficient (Wildman–Crippen LogP) is 4.15. The van der Waals surface area contributed by atoms with Gasteiger partial charge in [-0.05, 0) is 30.5 Å². The van der Waals surface area contributed by atoms with Crippen LogP contribution in [0.15, 0.2) is 35.2 Å². The summed E-state index contributed by atoms with van der Waals surface area (Å²) >= 11 is 1.54. The highest BCUT2D eigenvalue weighted by molar-refractivity contribution is 7.98. The van der Waals surface area contributed by atoms with E-state index in [1.165, 1.54) is 12.1 Å². The van der Waals surface area contributed by atoms with E-state index in [1.54, 1.807) is 17.8 Å². The summed E-state index contributed by atoms with van der Waals surface area (Å²) in [7, 11) is 1.85. The second kappa shape index (κ2) is 7.41. The topological polar surface area (TPSA) is 37.8 Å². The number of benzene rings is 1. The third-order valence-electron chi connectivity index (χ3n) is 2.86. The molecule has 0 aliphatic rings. The fourth-order valence-electron chi connectivity index (χ4n) is 1.97. The van der Waals surface area contributed by atoms with Crippen molar-refractivity contribution in [1.82, 2.24) is 9.97 Å². The van der Waals surface area contributed by atoms with Gasteiger partial charge in [-0.15, -0.1) is 11.8 Å². The van der Waals surface area contributed by atoms with Crippen molar-refractivity contribution in [3.8, 4) is 0 Å². The van der Waals surface area contributed by atoms with E-state index in [2.05, 4.69) is 29.1 Å². The Kier molecular flexibility index (Phi) is 5.56. The van der Waals surface area contributed by atoms with Gasteiger partial charge in [0.25, 0.3) is 0 Å². The molecule has 2 aromatic rings. The minimum Gasteiger partial charge on any atom is -0.373 e. The zero-order chi connectivity index (χ0) is 15.2. The van der Waals surface area contributed by atoms with Gasteiger partial charge < -0.3 is 5.32 Å². The van der Waals surface area contributed by atoms with Gasteiger partial charge in [0.2, 0.25) is 0 Å². The standard InChI is InChI=1S/C16H20FN3S/c1-11(2)7-13-9-15(18-3)20-16(19-13)10-21-14-6-4-5-12(17)8-14/h4-6,8-9,11H,7,10H2,1-3H3,(H,18,19,20). The number of halogens is 1. The highest BCUT2D eigenvalue weighted by Crippen LogP contribution is 2.23. The number of aromatic nitrogens is 2. The molecule has 1 aromatic heterocycles. The molecule has 112 valence electrons. The first-order valence-corrected chi connectivity index (χ1v) is 7.98. The first-order chi connectivity index (χ1) is 10.1. The predicted molar refractivity (Wildman–Crippen MR) is 86.1 cm³/mol. The summed E-state index contributed by atoms with van der Waals surface area (Å²) in [6, 6.07) is 8.57. The maximum atomic E-state index is 13.2. The molecule has 5 heteroatoms. The van der Waals surface area contributed by atoms with Crippen molar-refractivity contribution in [2.45, 2.75) is 30.9 Å². The molecule has 0 spiro atoms. The van der Waals surface area contributed by atoms with Crippen molar-refractivity contribution in [3.05, 3.63) is 47.7 Å². The normalized spacial score (nSPS) is 10.9. The number of nitrogens with one attached hydrogen (secondary N) is 1. The van der Waals surface area contributed by atoms with Crippen LogP contribution >= 0.6 is 11.8 Å². The highest BCUT2D eigenvalue weighted by atomic mass is 32.2. The Labute approximate surface area is 129 Å². The fourth-order valence-corrected chi connectivity index (χ4v) is 2.77. The van der Waals surface area contributed by atoms with Crippen LogP contribution in [0.25, 0.3) is 0 Å². The van der Waals surface area contributed by atoms with E-state index in [1.807, 2.05) is 19.2 Å². The third-order valence-corrected chi connectivity index (χ3v) is 3.85. The Morgan fingerprint density at radius 3 is 2.71 bits per heavy atom. The number of hydrogen-bond donors (Lipinski definition) is 1. The molecule has 1 heterocycles. The molecule has 1 aromatic carbocycles. The number of anilines is 1. The monoisotopic (exact) mass is 305 g/mol. The lowest BCUT2D eigenvalue weighted by Gasteiger charge is -2.09. The molecular formula is C16H20FN3S. The Morgan fingerprint density at radius 1 is 1.24 bits per heavy atom. The van der Waals surface area contributed by atoms with Crippen molar-refractivity contribution in [3.63, 3.8) is 0 Å². The molecule has 0 radical (unpaired) electrons. The van der Waals surface area contributed by atoms with E-state index in [9.17, 15) is 4.39 Å². The third kappa shape index (κ3) is 5.01. The van der Waals surface area contributed by atoms with Crippen LogP contribution in [0.1, 0.15) is 25.4 Å². The summed E-state index contributed by atoms with van der Waals surface area (Å²) in [5.41, 5.74) is 1.04. The van der Waals surface area contributed by atoms with Crippen LogP contribution in [0.3, 0.4) is 0 Å². The number of rotatable bonds is 6. The van der Waals surface area contributed by atoms with Crippen molar-refractivity contribution < 1.29 is 4.39 Å². The summed E-state index contributed by atoms with van der Waals surface area (Å²) in [6.07, 6.45) is 0.925. The van der Waals surface area contributed by atoms with Crippen molar-refractivity contribution >= 4 is 17.6 Å². The van der Waals surface area contributed by atoms with Crippen LogP contribution in [0.4, 0.5) is 10.2 Å². The van der Waals surface area contributed by atoms with E-state index in [4.69, 9.17) is 0 Å². The van der Waals surface area contributed by atoms with Crippen LogP contribution in [-0.2, 0) is 12.2 Å². The molecule has 21 heavy (non-hydrogen) atoms. The number of hydrogen-bond acceptors (Lipinski definition) is 4. The number of thioether (sulfide) groups is 1. The molecule has 0 saturated heterocycles. The van der Waals surface area contributed by atoms with Gasteiger partial charge >= 0.3 is 0 Å². The van der Waals surface area contributed by atoms with Crippen LogP contribution in [0.2, 0.25) is 0 Å². The van der Waals surface area contributed by atoms with E-state index in [0.29, 0.717) is 11.7 Å². The minimum absolute atomic E-state index is 0.217. The van der Waals surface area contributed by atoms with Gasteiger partial charge in [-0.25, -0.2) is 14.4 Å². The molecule has 0 saturated carbocycles. The van der Waals surface area contributed by atoms with Gasteiger partial charge in [0.15, 0.2) is 0 Å². The summed E-state index contributed by atoms with van der Waals surface area (Å²) < 4.78 is 13.2. The van der Waals surface area contributed by atoms with E-state index in [0.717, 1.165) is 28.7 Å². The minimum atomic E-state index is -0.217. The van der Waals surface area contributed by atoms with Gasteiger partial charge in [-0.1, -0.05) is 19.9 Å². The lowest BCUT2D eigenvalue weighted by Crippen LogP contribution is -2.05. The Bertz CT molecular complexity index is 602. The summed E-state index contributed by atoms with van der Waals surface area (Å²) in [5.74, 6) is 2.56. The molecule has 0 fully saturated rings. The maximum Gasteiger partial charge on any atom is 0.141 e. The van der Waals surface area contributed by atoms with Gasteiger partial charge in [0.1, 0.15) is 17.5 Å². The van der Waals surface area contributed by atoms with Crippen molar-refractivity contribution in [2.24, 2.45) is 5.92 Å². The first-order valence-electron chi connectivity index (χ1n) is 6.99. The molecule has 2 rings (SSSR count). The summed E-state index contributed by atoms with van der Waals surface area (Å²) in [6.45, 7) is 4.34. The highest BCUT2D eigenvalue weighted by Gasteiger charge is 2.07. The van der Waals surface area contributed by atoms with Gasteiger partial charge in [-0.3, -0.25) is 0 Å². The SMILES string of the molecule is CNc1cc(CC(C)C)nc(CSc2cccc(F)c2)n1. The zero-order valence-corrected chi connectivity index (χ0v) is 13.4. The Balaban J connectivity index is 2.11. The Hall–Kier alpha value is -1.62. The largest absolute Gasteiger partial charge is 0.373 e. The van der Waals surface area contributed by atoms with Crippen LogP contribution in [0, 0.1) is 11.7 Å². The lowest BCUT2D eigenvalue weighted by molar-refractivity contribution is 0.624. The van der Waals surface area contributed by atoms with Gasteiger partial charge in [0.05, 0.1) is 5.75 Å². The average molecular weight is 305 g/mol. The molecule has 0 aliphatic carbocycles. The quantitative estimate of drug-likeness (QED) is 0.814. The second-order valence-corrected chi connectivity index (χ2v) is 6.30. The smallest absolute Gasteiger partial charge is 0.141 e. The molecule has 0 unspecified atom stereocenters. The maximum absolute atomic E-state index is 13.2. The van der Waals surface area contributed by atoms with E-state index in [-0.39, 0.29) is 5.82 Å². The van der Waals surface area contributed by atoms with Gasteiger partial charge in [0, 0.05) is 23.7 Å². The Morgan fingerprint density at radius 2 is 2.05 bits per heavy atom. The zero-order valence-electron chi connectivity index (χ0n) is 12.6. The molecule has 1 N–H and O–H groups in total. The van der Waals surface area contributed by atoms with Crippen LogP contribution in [0.5, 0.6) is 0 Å². The second-order valence-electron chi connectivity index (χ2n) is 5.25. The number of nitrogens with zero attached hydrogens (tertiary/aromatic N) is 2. The molecule has 0 amide bonds. The molecule has 0 atom stereocenters. The van der Waals surface area contributed by atoms with Crippen LogP contribution < -0.4 is 5.32 Å². The van der Waals surface area contributed by atoms with Gasteiger partial charge in [-0.2, -0.15) is 0 Å². The first kappa shape index (κ1) is 15.8. The lowest BCUT2D eigenvalue weighted by atomic mass is 10.1. The molecular weight excluding hydrogens is 285 g/mol. The van der Waals surface area contributed by atoms with Crippen molar-refractivity contribution in [2.75, 3.05) is 12.4 Å². The summed E-state index contributed by atoms with van der Waals surface area (Å²) in [4.78, 5) is 9.94. The fraction of sp³-hybridized carbons (Fsp3) is 0.375. The average Bonchev–Trinajstić information content (AvgIpc) is 2.44.